The second-order valence-corrected chi connectivity index (χ2v) is 4.71. The third kappa shape index (κ3) is 1.89. The molecule has 2 heterocycles. The van der Waals surface area contributed by atoms with Crippen LogP contribution in [0.2, 0.25) is 5.02 Å². The zero-order chi connectivity index (χ0) is 14.3. The first-order chi connectivity index (χ1) is 9.63. The van der Waals surface area contributed by atoms with E-state index in [1.807, 2.05) is 6.92 Å². The number of hydrogen-bond donors (Lipinski definition) is 1. The SMILES string of the molecule is CCc1nc2nc3cc(Cl)ccc3nc2n1C(=O)NC. The molecule has 1 N–H and O–H groups in total. The van der Waals surface area contributed by atoms with Crippen LogP contribution in [0.1, 0.15) is 12.7 Å². The molecule has 0 saturated heterocycles. The summed E-state index contributed by atoms with van der Waals surface area (Å²) in [6, 6.07) is 4.98. The number of hydrogen-bond acceptors (Lipinski definition) is 4. The van der Waals surface area contributed by atoms with E-state index in [2.05, 4.69) is 20.3 Å². The van der Waals surface area contributed by atoms with Gasteiger partial charge in [-0.15, -0.1) is 0 Å². The molecule has 0 saturated carbocycles. The summed E-state index contributed by atoms with van der Waals surface area (Å²) in [7, 11) is 1.57. The molecule has 20 heavy (non-hydrogen) atoms. The van der Waals surface area contributed by atoms with E-state index in [0.29, 0.717) is 39.6 Å². The maximum absolute atomic E-state index is 12.0. The number of nitrogens with one attached hydrogen (secondary N) is 1. The first-order valence-corrected chi connectivity index (χ1v) is 6.58. The van der Waals surface area contributed by atoms with Crippen molar-refractivity contribution < 1.29 is 4.79 Å². The standard InChI is InChI=1S/C13H12ClN5O/c1-3-10-18-11-12(19(10)13(20)15-2)17-8-5-4-7(14)6-9(8)16-11/h4-6H,3H2,1-2H3,(H,15,20). The number of halogens is 1. The molecule has 0 radical (unpaired) electrons. The van der Waals surface area contributed by atoms with E-state index >= 15 is 0 Å². The molecule has 2 aromatic heterocycles. The van der Waals surface area contributed by atoms with E-state index in [1.165, 1.54) is 4.57 Å². The van der Waals surface area contributed by atoms with Gasteiger partial charge in [0.1, 0.15) is 5.82 Å². The lowest BCUT2D eigenvalue weighted by atomic mass is 10.3. The van der Waals surface area contributed by atoms with E-state index in [4.69, 9.17) is 11.6 Å². The van der Waals surface area contributed by atoms with Gasteiger partial charge in [0.15, 0.2) is 11.3 Å². The number of imidazole rings is 1. The van der Waals surface area contributed by atoms with Gasteiger partial charge in [0.25, 0.3) is 0 Å². The van der Waals surface area contributed by atoms with Crippen LogP contribution in [0, 0.1) is 0 Å². The zero-order valence-corrected chi connectivity index (χ0v) is 11.8. The minimum absolute atomic E-state index is 0.271. The molecule has 7 heteroatoms. The van der Waals surface area contributed by atoms with E-state index < -0.39 is 0 Å². The van der Waals surface area contributed by atoms with Crippen molar-refractivity contribution in [3.05, 3.63) is 29.0 Å². The summed E-state index contributed by atoms with van der Waals surface area (Å²) < 4.78 is 1.45. The van der Waals surface area contributed by atoms with Crippen molar-refractivity contribution in [2.45, 2.75) is 13.3 Å². The smallest absolute Gasteiger partial charge is 0.328 e. The van der Waals surface area contributed by atoms with E-state index in [1.54, 1.807) is 25.2 Å². The first-order valence-electron chi connectivity index (χ1n) is 6.20. The van der Waals surface area contributed by atoms with Crippen LogP contribution in [0.4, 0.5) is 4.79 Å². The number of rotatable bonds is 1. The van der Waals surface area contributed by atoms with Crippen LogP contribution in [0.5, 0.6) is 0 Å². The average Bonchev–Trinajstić information content (AvgIpc) is 2.81. The zero-order valence-electron chi connectivity index (χ0n) is 11.0. The molecule has 0 spiro atoms. The Hall–Kier alpha value is -2.21. The normalized spacial score (nSPS) is 11.2. The minimum Gasteiger partial charge on any atom is -0.340 e. The summed E-state index contributed by atoms with van der Waals surface area (Å²) >= 11 is 5.95. The number of carbonyl (C=O) groups is 1. The lowest BCUT2D eigenvalue weighted by Crippen LogP contribution is -2.26. The van der Waals surface area contributed by atoms with Crippen LogP contribution in [-0.2, 0) is 6.42 Å². The van der Waals surface area contributed by atoms with Gasteiger partial charge in [-0.2, -0.15) is 0 Å². The van der Waals surface area contributed by atoms with E-state index in [0.717, 1.165) is 0 Å². The third-order valence-corrected chi connectivity index (χ3v) is 3.26. The Kier molecular flexibility index (Phi) is 3.02. The molecule has 3 rings (SSSR count). The first kappa shape index (κ1) is 12.8. The van der Waals surface area contributed by atoms with Gasteiger partial charge in [0.2, 0.25) is 0 Å². The number of fused-ring (bicyclic) bond motifs is 2. The van der Waals surface area contributed by atoms with Gasteiger partial charge >= 0.3 is 6.03 Å². The van der Waals surface area contributed by atoms with Crippen molar-refractivity contribution in [3.8, 4) is 0 Å². The van der Waals surface area contributed by atoms with Gasteiger partial charge in [-0.05, 0) is 18.2 Å². The topological polar surface area (TPSA) is 72.7 Å². The van der Waals surface area contributed by atoms with Gasteiger partial charge in [-0.1, -0.05) is 18.5 Å². The molecule has 0 unspecified atom stereocenters. The third-order valence-electron chi connectivity index (χ3n) is 3.03. The Balaban J connectivity index is 2.38. The molecule has 0 aliphatic carbocycles. The van der Waals surface area contributed by atoms with Gasteiger partial charge in [-0.25, -0.2) is 24.3 Å². The Morgan fingerprint density at radius 1 is 1.30 bits per heavy atom. The molecule has 0 bridgehead atoms. The summed E-state index contributed by atoms with van der Waals surface area (Å²) in [4.78, 5) is 25.2. The molecule has 6 nitrogen and oxygen atoms in total. The second kappa shape index (κ2) is 4.72. The Morgan fingerprint density at radius 3 is 2.80 bits per heavy atom. The maximum atomic E-state index is 12.0. The van der Waals surface area contributed by atoms with Crippen LogP contribution in [-0.4, -0.2) is 32.6 Å². The van der Waals surface area contributed by atoms with E-state index in [9.17, 15) is 4.79 Å². The van der Waals surface area contributed by atoms with Crippen LogP contribution < -0.4 is 5.32 Å². The lowest BCUT2D eigenvalue weighted by Gasteiger charge is -2.04. The predicted octanol–water partition coefficient (Wildman–Crippen LogP) is 2.38. The number of carbonyl (C=O) groups excluding carboxylic acids is 1. The van der Waals surface area contributed by atoms with Gasteiger partial charge in [-0.3, -0.25) is 0 Å². The number of amides is 1. The highest BCUT2D eigenvalue weighted by Gasteiger charge is 2.17. The Bertz CT molecular complexity index is 826. The molecule has 0 aliphatic rings. The number of aromatic nitrogens is 4. The van der Waals surface area contributed by atoms with Gasteiger partial charge in [0.05, 0.1) is 11.0 Å². The largest absolute Gasteiger partial charge is 0.340 e. The summed E-state index contributed by atoms with van der Waals surface area (Å²) in [6.45, 7) is 1.93. The van der Waals surface area contributed by atoms with Crippen molar-refractivity contribution in [1.82, 2.24) is 24.8 Å². The van der Waals surface area contributed by atoms with Crippen molar-refractivity contribution in [1.29, 1.82) is 0 Å². The molecular weight excluding hydrogens is 278 g/mol. The van der Waals surface area contributed by atoms with Gasteiger partial charge in [0, 0.05) is 18.5 Å². The van der Waals surface area contributed by atoms with E-state index in [-0.39, 0.29) is 6.03 Å². The molecule has 0 aliphatic heterocycles. The monoisotopic (exact) mass is 289 g/mol. The average molecular weight is 290 g/mol. The molecule has 3 aromatic rings. The highest BCUT2D eigenvalue weighted by Crippen LogP contribution is 2.20. The number of aryl methyl sites for hydroxylation is 1. The fourth-order valence-electron chi connectivity index (χ4n) is 2.09. The highest BCUT2D eigenvalue weighted by molar-refractivity contribution is 6.31. The summed E-state index contributed by atoms with van der Waals surface area (Å²) in [5, 5.41) is 3.18. The lowest BCUT2D eigenvalue weighted by molar-refractivity contribution is 0.244. The number of nitrogens with zero attached hydrogens (tertiary/aromatic N) is 4. The summed E-state index contributed by atoms with van der Waals surface area (Å²) in [5.74, 6) is 0.626. The fraction of sp³-hybridized carbons (Fsp3) is 0.231. The molecule has 0 fully saturated rings. The van der Waals surface area contributed by atoms with Crippen molar-refractivity contribution in [3.63, 3.8) is 0 Å². The quantitative estimate of drug-likeness (QED) is 0.746. The van der Waals surface area contributed by atoms with Crippen molar-refractivity contribution >= 4 is 40.0 Å². The molecule has 102 valence electrons. The van der Waals surface area contributed by atoms with Crippen LogP contribution in [0.3, 0.4) is 0 Å². The van der Waals surface area contributed by atoms with Crippen molar-refractivity contribution in [2.75, 3.05) is 7.05 Å². The van der Waals surface area contributed by atoms with Crippen molar-refractivity contribution in [2.24, 2.45) is 0 Å². The predicted molar refractivity (Wildman–Crippen MR) is 77.1 cm³/mol. The molecular formula is C13H12ClN5O. The second-order valence-electron chi connectivity index (χ2n) is 4.28. The van der Waals surface area contributed by atoms with Gasteiger partial charge < -0.3 is 5.32 Å². The Labute approximate surface area is 119 Å². The molecule has 1 aromatic carbocycles. The highest BCUT2D eigenvalue weighted by atomic mass is 35.5. The maximum Gasteiger partial charge on any atom is 0.328 e. The molecule has 1 amide bonds. The summed E-state index contributed by atoms with van der Waals surface area (Å²) in [5.41, 5.74) is 2.24. The minimum atomic E-state index is -0.271. The Morgan fingerprint density at radius 2 is 2.10 bits per heavy atom. The fourth-order valence-corrected chi connectivity index (χ4v) is 2.26. The summed E-state index contributed by atoms with van der Waals surface area (Å²) in [6.07, 6.45) is 0.614. The van der Waals surface area contributed by atoms with Crippen LogP contribution >= 0.6 is 11.6 Å². The van der Waals surface area contributed by atoms with Crippen LogP contribution in [0.15, 0.2) is 18.2 Å². The number of benzene rings is 1. The van der Waals surface area contributed by atoms with Crippen LogP contribution in [0.25, 0.3) is 22.3 Å². The molecule has 0 atom stereocenters.